The fourth-order valence-electron chi connectivity index (χ4n) is 4.23. The fourth-order valence-corrected chi connectivity index (χ4v) is 4.23. The molecule has 6 heteroatoms. The maximum Gasteiger partial charge on any atom is 0.225 e. The van der Waals surface area contributed by atoms with Crippen molar-refractivity contribution in [1.29, 1.82) is 0 Å². The van der Waals surface area contributed by atoms with E-state index in [-0.39, 0.29) is 17.6 Å². The number of carbonyl (C=O) groups is 1. The van der Waals surface area contributed by atoms with Crippen LogP contribution >= 0.6 is 0 Å². The van der Waals surface area contributed by atoms with Gasteiger partial charge in [0.25, 0.3) is 0 Å². The van der Waals surface area contributed by atoms with E-state index in [1.54, 1.807) is 0 Å². The zero-order chi connectivity index (χ0) is 17.5. The Kier molecular flexibility index (Phi) is 7.10. The van der Waals surface area contributed by atoms with Crippen LogP contribution in [-0.4, -0.2) is 75.2 Å². The largest absolute Gasteiger partial charge is 0.381 e. The standard InChI is InChI=1S/C19H33NO5/c1-2-22-13-14-24-17-5-12-25-19(15-17)6-8-20(9-7-19)18(21)16-3-10-23-11-4-16/h16-17H,2-15H2,1H3. The molecule has 0 aliphatic carbocycles. The highest BCUT2D eigenvalue weighted by Gasteiger charge is 2.42. The molecule has 0 saturated carbocycles. The van der Waals surface area contributed by atoms with Crippen LogP contribution in [0.5, 0.6) is 0 Å². The summed E-state index contributed by atoms with van der Waals surface area (Å²) in [5.41, 5.74) is -0.0962. The van der Waals surface area contributed by atoms with Crippen molar-refractivity contribution in [3.8, 4) is 0 Å². The average Bonchev–Trinajstić information content (AvgIpc) is 2.66. The summed E-state index contributed by atoms with van der Waals surface area (Å²) in [7, 11) is 0. The van der Waals surface area contributed by atoms with Gasteiger partial charge in [0.1, 0.15) is 0 Å². The van der Waals surface area contributed by atoms with Gasteiger partial charge < -0.3 is 23.8 Å². The minimum atomic E-state index is -0.0962. The van der Waals surface area contributed by atoms with Crippen LogP contribution in [0.4, 0.5) is 0 Å². The van der Waals surface area contributed by atoms with Crippen LogP contribution in [-0.2, 0) is 23.7 Å². The lowest BCUT2D eigenvalue weighted by molar-refractivity contribution is -0.165. The molecule has 3 aliphatic heterocycles. The molecule has 3 saturated heterocycles. The summed E-state index contributed by atoms with van der Waals surface area (Å²) in [6.45, 7) is 7.86. The number of nitrogens with zero attached hydrogens (tertiary/aromatic N) is 1. The molecule has 0 N–H and O–H groups in total. The number of ether oxygens (including phenoxy) is 4. The lowest BCUT2D eigenvalue weighted by atomic mass is 9.82. The molecule has 0 aromatic carbocycles. The van der Waals surface area contributed by atoms with E-state index in [9.17, 15) is 4.79 Å². The van der Waals surface area contributed by atoms with Gasteiger partial charge in [-0.25, -0.2) is 0 Å². The van der Waals surface area contributed by atoms with Crippen LogP contribution in [0.3, 0.4) is 0 Å². The molecule has 3 aliphatic rings. The van der Waals surface area contributed by atoms with Crippen molar-refractivity contribution in [2.24, 2.45) is 5.92 Å². The summed E-state index contributed by atoms with van der Waals surface area (Å²) in [6, 6.07) is 0. The molecule has 1 atom stereocenters. The van der Waals surface area contributed by atoms with Crippen LogP contribution in [0.1, 0.15) is 45.4 Å². The molecule has 0 radical (unpaired) electrons. The van der Waals surface area contributed by atoms with Gasteiger partial charge in [-0.05, 0) is 39.0 Å². The third-order valence-electron chi connectivity index (χ3n) is 5.79. The summed E-state index contributed by atoms with van der Waals surface area (Å²) in [4.78, 5) is 14.7. The zero-order valence-electron chi connectivity index (χ0n) is 15.5. The Morgan fingerprint density at radius 3 is 2.60 bits per heavy atom. The zero-order valence-corrected chi connectivity index (χ0v) is 15.5. The van der Waals surface area contributed by atoms with E-state index in [1.807, 2.05) is 11.8 Å². The van der Waals surface area contributed by atoms with Gasteiger partial charge in [0.05, 0.1) is 24.9 Å². The predicted octanol–water partition coefficient (Wildman–Crippen LogP) is 2.01. The lowest BCUT2D eigenvalue weighted by Crippen LogP contribution is -2.53. The second-order valence-electron chi connectivity index (χ2n) is 7.43. The Morgan fingerprint density at radius 1 is 1.12 bits per heavy atom. The molecule has 1 amide bonds. The van der Waals surface area contributed by atoms with Gasteiger partial charge >= 0.3 is 0 Å². The van der Waals surface area contributed by atoms with Gasteiger partial charge in [-0.15, -0.1) is 0 Å². The Bertz CT molecular complexity index is 416. The van der Waals surface area contributed by atoms with E-state index in [2.05, 4.69) is 0 Å². The van der Waals surface area contributed by atoms with Gasteiger partial charge in [-0.3, -0.25) is 4.79 Å². The van der Waals surface area contributed by atoms with Crippen LogP contribution in [0.2, 0.25) is 0 Å². The molecule has 6 nitrogen and oxygen atoms in total. The quantitative estimate of drug-likeness (QED) is 0.682. The number of likely N-dealkylation sites (tertiary alicyclic amines) is 1. The summed E-state index contributed by atoms with van der Waals surface area (Å²) in [5.74, 6) is 0.475. The molecule has 0 aromatic heterocycles. The Labute approximate surface area is 151 Å². The van der Waals surface area contributed by atoms with Crippen LogP contribution in [0, 0.1) is 5.92 Å². The van der Waals surface area contributed by atoms with Crippen molar-refractivity contribution in [2.75, 3.05) is 52.7 Å². The van der Waals surface area contributed by atoms with Crippen molar-refractivity contribution in [3.63, 3.8) is 0 Å². The van der Waals surface area contributed by atoms with Crippen LogP contribution < -0.4 is 0 Å². The Hall–Kier alpha value is -0.690. The van der Waals surface area contributed by atoms with Crippen molar-refractivity contribution >= 4 is 5.91 Å². The number of amides is 1. The summed E-state index contributed by atoms with van der Waals surface area (Å²) in [5, 5.41) is 0. The van der Waals surface area contributed by atoms with Crippen LogP contribution in [0.15, 0.2) is 0 Å². The summed E-state index contributed by atoms with van der Waals surface area (Å²) >= 11 is 0. The molecule has 3 rings (SSSR count). The predicted molar refractivity (Wildman–Crippen MR) is 93.5 cm³/mol. The Balaban J connectivity index is 1.44. The molecule has 1 spiro atoms. The van der Waals surface area contributed by atoms with Gasteiger partial charge in [0.2, 0.25) is 5.91 Å². The summed E-state index contributed by atoms with van der Waals surface area (Å²) in [6.07, 6.45) is 5.74. The first-order valence-electron chi connectivity index (χ1n) is 9.92. The molecule has 144 valence electrons. The maximum absolute atomic E-state index is 12.7. The monoisotopic (exact) mass is 355 g/mol. The molecule has 3 heterocycles. The SMILES string of the molecule is CCOCCOC1CCOC2(CCN(C(=O)C3CCOCC3)CC2)C1. The van der Waals surface area contributed by atoms with Gasteiger partial charge in [0.15, 0.2) is 0 Å². The highest BCUT2D eigenvalue weighted by molar-refractivity contribution is 5.79. The van der Waals surface area contributed by atoms with Crippen molar-refractivity contribution in [1.82, 2.24) is 4.90 Å². The van der Waals surface area contributed by atoms with Crippen molar-refractivity contribution < 1.29 is 23.7 Å². The fraction of sp³-hybridized carbons (Fsp3) is 0.947. The molecular weight excluding hydrogens is 322 g/mol. The number of carbonyl (C=O) groups excluding carboxylic acids is 1. The highest BCUT2D eigenvalue weighted by Crippen LogP contribution is 2.36. The smallest absolute Gasteiger partial charge is 0.225 e. The first-order valence-corrected chi connectivity index (χ1v) is 9.92. The summed E-state index contributed by atoms with van der Waals surface area (Å²) < 4.78 is 22.9. The Morgan fingerprint density at radius 2 is 1.88 bits per heavy atom. The third-order valence-corrected chi connectivity index (χ3v) is 5.79. The normalized spacial score (nSPS) is 27.6. The van der Waals surface area contributed by atoms with E-state index in [1.165, 1.54) is 0 Å². The molecule has 0 aromatic rings. The highest BCUT2D eigenvalue weighted by atomic mass is 16.5. The van der Waals surface area contributed by atoms with Crippen LogP contribution in [0.25, 0.3) is 0 Å². The van der Waals surface area contributed by atoms with Crippen molar-refractivity contribution in [3.05, 3.63) is 0 Å². The molecule has 1 unspecified atom stereocenters. The van der Waals surface area contributed by atoms with E-state index in [4.69, 9.17) is 18.9 Å². The first kappa shape index (κ1) is 19.1. The first-order chi connectivity index (χ1) is 12.2. The third kappa shape index (κ3) is 5.16. The lowest BCUT2D eigenvalue weighted by Gasteiger charge is -2.46. The van der Waals surface area contributed by atoms with Gasteiger partial charge in [-0.1, -0.05) is 0 Å². The minimum absolute atomic E-state index is 0.0962. The molecule has 25 heavy (non-hydrogen) atoms. The minimum Gasteiger partial charge on any atom is -0.381 e. The van der Waals surface area contributed by atoms with E-state index >= 15 is 0 Å². The topological polar surface area (TPSA) is 57.2 Å². The number of hydrogen-bond donors (Lipinski definition) is 0. The molecule has 0 bridgehead atoms. The molecular formula is C19H33NO5. The van der Waals surface area contributed by atoms with E-state index < -0.39 is 0 Å². The molecule has 3 fully saturated rings. The van der Waals surface area contributed by atoms with Crippen molar-refractivity contribution in [2.45, 2.75) is 57.2 Å². The number of piperidine rings is 1. The second-order valence-corrected chi connectivity index (χ2v) is 7.43. The van der Waals surface area contributed by atoms with E-state index in [0.29, 0.717) is 19.1 Å². The average molecular weight is 355 g/mol. The van der Waals surface area contributed by atoms with Gasteiger partial charge in [-0.2, -0.15) is 0 Å². The number of hydrogen-bond acceptors (Lipinski definition) is 5. The maximum atomic E-state index is 12.7. The van der Waals surface area contributed by atoms with Gasteiger partial charge in [0, 0.05) is 51.9 Å². The van der Waals surface area contributed by atoms with E-state index in [0.717, 1.165) is 78.0 Å². The number of rotatable bonds is 6. The second kappa shape index (κ2) is 9.31.